The summed E-state index contributed by atoms with van der Waals surface area (Å²) in [4.78, 5) is 27.6. The molecular weight excluding hydrogens is 294 g/mol. The predicted molar refractivity (Wildman–Crippen MR) is 78.3 cm³/mol. The van der Waals surface area contributed by atoms with Gasteiger partial charge in [-0.3, -0.25) is 4.79 Å². The SMILES string of the molecule is CCOC(=O)c1ccccc1NC(=O)Cn1ccnc1Cl. The molecule has 0 aliphatic rings. The van der Waals surface area contributed by atoms with E-state index in [1.807, 2.05) is 0 Å². The van der Waals surface area contributed by atoms with Gasteiger partial charge in [0, 0.05) is 12.4 Å². The molecule has 0 aliphatic heterocycles. The molecule has 110 valence electrons. The molecule has 0 saturated carbocycles. The lowest BCUT2D eigenvalue weighted by molar-refractivity contribution is -0.116. The zero-order valence-electron chi connectivity index (χ0n) is 11.4. The van der Waals surface area contributed by atoms with Crippen LogP contribution in [-0.4, -0.2) is 28.0 Å². The molecule has 2 rings (SSSR count). The summed E-state index contributed by atoms with van der Waals surface area (Å²) in [6.45, 7) is 2.00. The zero-order chi connectivity index (χ0) is 15.2. The number of imidazole rings is 1. The molecule has 0 atom stereocenters. The molecule has 0 radical (unpaired) electrons. The molecule has 0 aliphatic carbocycles. The van der Waals surface area contributed by atoms with Crippen LogP contribution in [0.15, 0.2) is 36.7 Å². The van der Waals surface area contributed by atoms with Gasteiger partial charge in [-0.1, -0.05) is 12.1 Å². The first-order chi connectivity index (χ1) is 10.1. The van der Waals surface area contributed by atoms with E-state index in [1.165, 1.54) is 10.8 Å². The summed E-state index contributed by atoms with van der Waals surface area (Å²) < 4.78 is 6.44. The molecule has 1 aromatic heterocycles. The van der Waals surface area contributed by atoms with Crippen molar-refractivity contribution in [2.24, 2.45) is 0 Å². The average Bonchev–Trinajstić information content (AvgIpc) is 2.85. The topological polar surface area (TPSA) is 73.2 Å². The Labute approximate surface area is 126 Å². The lowest BCUT2D eigenvalue weighted by atomic mass is 10.2. The van der Waals surface area contributed by atoms with Crippen LogP contribution in [0.2, 0.25) is 5.28 Å². The molecule has 1 aromatic carbocycles. The molecule has 0 bridgehead atoms. The molecule has 2 aromatic rings. The number of nitrogens with one attached hydrogen (secondary N) is 1. The first-order valence-corrected chi connectivity index (χ1v) is 6.72. The Morgan fingerprint density at radius 2 is 2.14 bits per heavy atom. The van der Waals surface area contributed by atoms with E-state index in [0.717, 1.165) is 0 Å². The largest absolute Gasteiger partial charge is 0.462 e. The highest BCUT2D eigenvalue weighted by atomic mass is 35.5. The number of carbonyl (C=O) groups is 2. The van der Waals surface area contributed by atoms with Crippen LogP contribution < -0.4 is 5.32 Å². The van der Waals surface area contributed by atoms with E-state index in [4.69, 9.17) is 16.3 Å². The Kier molecular flexibility index (Phi) is 4.94. The Hall–Kier alpha value is -2.34. The fourth-order valence-corrected chi connectivity index (χ4v) is 1.92. The molecule has 1 heterocycles. The van der Waals surface area contributed by atoms with Crippen molar-refractivity contribution >= 4 is 29.2 Å². The number of carbonyl (C=O) groups excluding carboxylic acids is 2. The maximum Gasteiger partial charge on any atom is 0.340 e. The van der Waals surface area contributed by atoms with Crippen molar-refractivity contribution in [2.45, 2.75) is 13.5 Å². The van der Waals surface area contributed by atoms with Crippen molar-refractivity contribution in [1.82, 2.24) is 9.55 Å². The maximum absolute atomic E-state index is 12.0. The number of para-hydroxylation sites is 1. The molecule has 0 spiro atoms. The number of anilines is 1. The monoisotopic (exact) mass is 307 g/mol. The average molecular weight is 308 g/mol. The number of hydrogen-bond donors (Lipinski definition) is 1. The summed E-state index contributed by atoms with van der Waals surface area (Å²) in [5.41, 5.74) is 0.710. The molecule has 0 fully saturated rings. The zero-order valence-corrected chi connectivity index (χ0v) is 12.1. The van der Waals surface area contributed by atoms with E-state index in [1.54, 1.807) is 37.4 Å². The van der Waals surface area contributed by atoms with Gasteiger partial charge >= 0.3 is 5.97 Å². The van der Waals surface area contributed by atoms with Gasteiger partial charge in [-0.25, -0.2) is 9.78 Å². The van der Waals surface area contributed by atoms with Crippen LogP contribution in [0.4, 0.5) is 5.69 Å². The van der Waals surface area contributed by atoms with Crippen LogP contribution in [0.5, 0.6) is 0 Å². The number of halogens is 1. The third kappa shape index (κ3) is 3.82. The second-order valence-corrected chi connectivity index (χ2v) is 4.48. The number of rotatable bonds is 5. The Morgan fingerprint density at radius 3 is 2.81 bits per heavy atom. The van der Waals surface area contributed by atoms with Crippen LogP contribution >= 0.6 is 11.6 Å². The van der Waals surface area contributed by atoms with Gasteiger partial charge in [0.2, 0.25) is 11.2 Å². The summed E-state index contributed by atoms with van der Waals surface area (Å²) in [6, 6.07) is 6.66. The Morgan fingerprint density at radius 1 is 1.38 bits per heavy atom. The first kappa shape index (κ1) is 15.1. The minimum atomic E-state index is -0.478. The molecule has 0 saturated heterocycles. The van der Waals surface area contributed by atoms with Crippen molar-refractivity contribution in [1.29, 1.82) is 0 Å². The molecule has 21 heavy (non-hydrogen) atoms. The van der Waals surface area contributed by atoms with Crippen LogP contribution in [-0.2, 0) is 16.1 Å². The second-order valence-electron chi connectivity index (χ2n) is 4.14. The minimum Gasteiger partial charge on any atom is -0.462 e. The standard InChI is InChI=1S/C14H14ClN3O3/c1-2-21-13(20)10-5-3-4-6-11(10)17-12(19)9-18-8-7-16-14(18)15/h3-8H,2,9H2,1H3,(H,17,19). The van der Waals surface area contributed by atoms with E-state index < -0.39 is 5.97 Å². The third-order valence-electron chi connectivity index (χ3n) is 2.68. The van der Waals surface area contributed by atoms with E-state index in [0.29, 0.717) is 11.3 Å². The molecule has 0 unspecified atom stereocenters. The Balaban J connectivity index is 2.10. The number of nitrogens with zero attached hydrogens (tertiary/aromatic N) is 2. The maximum atomic E-state index is 12.0. The second kappa shape index (κ2) is 6.90. The number of aromatic nitrogens is 2. The first-order valence-electron chi connectivity index (χ1n) is 6.34. The lowest BCUT2D eigenvalue weighted by Gasteiger charge is -2.10. The summed E-state index contributed by atoms with van der Waals surface area (Å²) >= 11 is 5.81. The summed E-state index contributed by atoms with van der Waals surface area (Å²) in [7, 11) is 0. The van der Waals surface area contributed by atoms with Gasteiger partial charge < -0.3 is 14.6 Å². The fraction of sp³-hybridized carbons (Fsp3) is 0.214. The van der Waals surface area contributed by atoms with E-state index in [2.05, 4.69) is 10.3 Å². The minimum absolute atomic E-state index is 0.00991. The van der Waals surface area contributed by atoms with E-state index in [-0.39, 0.29) is 24.3 Å². The third-order valence-corrected chi connectivity index (χ3v) is 2.99. The summed E-state index contributed by atoms with van der Waals surface area (Å²) in [5, 5.41) is 2.89. The van der Waals surface area contributed by atoms with Gasteiger partial charge in [-0.05, 0) is 30.7 Å². The molecule has 1 amide bonds. The van der Waals surface area contributed by atoms with Gasteiger partial charge in [-0.2, -0.15) is 0 Å². The molecule has 7 heteroatoms. The highest BCUT2D eigenvalue weighted by molar-refractivity contribution is 6.28. The van der Waals surface area contributed by atoms with Crippen molar-refractivity contribution in [3.8, 4) is 0 Å². The predicted octanol–water partition coefficient (Wildman–Crippen LogP) is 2.35. The van der Waals surface area contributed by atoms with E-state index >= 15 is 0 Å². The highest BCUT2D eigenvalue weighted by Crippen LogP contribution is 2.16. The van der Waals surface area contributed by atoms with Gasteiger partial charge in [0.25, 0.3) is 0 Å². The summed E-state index contributed by atoms with van der Waals surface area (Å²) in [6.07, 6.45) is 3.10. The number of amides is 1. The molecular formula is C14H14ClN3O3. The van der Waals surface area contributed by atoms with Crippen molar-refractivity contribution < 1.29 is 14.3 Å². The van der Waals surface area contributed by atoms with Crippen molar-refractivity contribution in [2.75, 3.05) is 11.9 Å². The van der Waals surface area contributed by atoms with Crippen LogP contribution in [0.3, 0.4) is 0 Å². The van der Waals surface area contributed by atoms with Crippen LogP contribution in [0, 0.1) is 0 Å². The van der Waals surface area contributed by atoms with Crippen LogP contribution in [0.1, 0.15) is 17.3 Å². The smallest absolute Gasteiger partial charge is 0.340 e. The number of hydrogen-bond acceptors (Lipinski definition) is 4. The number of benzene rings is 1. The molecule has 6 nitrogen and oxygen atoms in total. The van der Waals surface area contributed by atoms with Gasteiger partial charge in [0.15, 0.2) is 0 Å². The summed E-state index contributed by atoms with van der Waals surface area (Å²) in [5.74, 6) is -0.791. The lowest BCUT2D eigenvalue weighted by Crippen LogP contribution is -2.20. The fourth-order valence-electron chi connectivity index (χ4n) is 1.75. The van der Waals surface area contributed by atoms with Gasteiger partial charge in [-0.15, -0.1) is 0 Å². The number of ether oxygens (including phenoxy) is 1. The molecule has 1 N–H and O–H groups in total. The normalized spacial score (nSPS) is 10.2. The Bertz CT molecular complexity index is 654. The quantitative estimate of drug-likeness (QED) is 0.861. The van der Waals surface area contributed by atoms with Gasteiger partial charge in [0.05, 0.1) is 17.9 Å². The van der Waals surface area contributed by atoms with E-state index in [9.17, 15) is 9.59 Å². The van der Waals surface area contributed by atoms with Gasteiger partial charge in [0.1, 0.15) is 6.54 Å². The van der Waals surface area contributed by atoms with Crippen molar-refractivity contribution in [3.05, 3.63) is 47.5 Å². The van der Waals surface area contributed by atoms with Crippen LogP contribution in [0.25, 0.3) is 0 Å². The van der Waals surface area contributed by atoms with Crippen molar-refractivity contribution in [3.63, 3.8) is 0 Å². The number of esters is 1. The highest BCUT2D eigenvalue weighted by Gasteiger charge is 2.14.